The van der Waals surface area contributed by atoms with Crippen LogP contribution in [0, 0.1) is 12.7 Å². The van der Waals surface area contributed by atoms with Gasteiger partial charge in [-0.1, -0.05) is 55.9 Å². The highest BCUT2D eigenvalue weighted by Gasteiger charge is 2.26. The first-order valence-corrected chi connectivity index (χ1v) is 12.1. The van der Waals surface area contributed by atoms with Crippen molar-refractivity contribution in [3.05, 3.63) is 83.3 Å². The van der Waals surface area contributed by atoms with Crippen molar-refractivity contribution in [2.75, 3.05) is 5.32 Å². The molecule has 2 aromatic carbocycles. The monoisotopic (exact) mass is 462 g/mol. The smallest absolute Gasteiger partial charge is 0.247 e. The zero-order chi connectivity index (χ0) is 23.4. The van der Waals surface area contributed by atoms with Crippen molar-refractivity contribution in [1.29, 1.82) is 0 Å². The van der Waals surface area contributed by atoms with Gasteiger partial charge in [-0.15, -0.1) is 0 Å². The molecule has 0 saturated heterocycles. The number of aromatic nitrogens is 3. The minimum Gasteiger partial charge on any atom is -0.324 e. The van der Waals surface area contributed by atoms with E-state index in [-0.39, 0.29) is 11.7 Å². The molecule has 2 heterocycles. The number of hydrogen-bond donors (Lipinski definition) is 1. The number of halogens is 1. The third kappa shape index (κ3) is 4.93. The number of amides is 1. The Morgan fingerprint density at radius 2 is 1.97 bits per heavy atom. The summed E-state index contributed by atoms with van der Waals surface area (Å²) in [7, 11) is 0. The lowest BCUT2D eigenvalue weighted by molar-refractivity contribution is -0.119. The molecule has 0 radical (unpaired) electrons. The number of thioether (sulfide) groups is 1. The highest BCUT2D eigenvalue weighted by molar-refractivity contribution is 7.98. The van der Waals surface area contributed by atoms with Crippen LogP contribution in [-0.2, 0) is 17.0 Å². The van der Waals surface area contributed by atoms with Gasteiger partial charge in [0.2, 0.25) is 5.91 Å². The SMILES string of the molecule is CCc1cccc(C)c1NC(=O)[C@@H](CC)n1c(SCc2cccc(F)c2)nc2cccnc21. The van der Waals surface area contributed by atoms with Gasteiger partial charge >= 0.3 is 0 Å². The summed E-state index contributed by atoms with van der Waals surface area (Å²) in [5.74, 6) is 0.176. The number of pyridine rings is 1. The molecule has 4 aromatic rings. The number of carbonyl (C=O) groups excluding carboxylic acids is 1. The lowest BCUT2D eigenvalue weighted by Crippen LogP contribution is -2.27. The fraction of sp³-hybridized carbons (Fsp3) is 0.269. The number of hydrogen-bond acceptors (Lipinski definition) is 4. The van der Waals surface area contributed by atoms with E-state index in [2.05, 4.69) is 17.2 Å². The van der Waals surface area contributed by atoms with E-state index in [9.17, 15) is 9.18 Å². The maximum absolute atomic E-state index is 13.6. The molecule has 0 aliphatic heterocycles. The number of para-hydroxylation sites is 1. The van der Waals surface area contributed by atoms with Crippen LogP contribution in [0.2, 0.25) is 0 Å². The second kappa shape index (κ2) is 10.2. The second-order valence-electron chi connectivity index (χ2n) is 7.90. The molecule has 170 valence electrons. The number of nitrogens with one attached hydrogen (secondary N) is 1. The summed E-state index contributed by atoms with van der Waals surface area (Å²) in [5, 5.41) is 3.86. The summed E-state index contributed by atoms with van der Waals surface area (Å²) in [5.41, 5.74) is 5.27. The van der Waals surface area contributed by atoms with Crippen molar-refractivity contribution in [3.63, 3.8) is 0 Å². The molecular weight excluding hydrogens is 435 g/mol. The molecule has 7 heteroatoms. The van der Waals surface area contributed by atoms with E-state index in [1.165, 1.54) is 23.9 Å². The number of benzene rings is 2. The molecule has 0 bridgehead atoms. The molecule has 1 amide bonds. The van der Waals surface area contributed by atoms with Crippen LogP contribution in [0.1, 0.15) is 43.0 Å². The summed E-state index contributed by atoms with van der Waals surface area (Å²) in [6.07, 6.45) is 3.12. The molecule has 1 N–H and O–H groups in total. The predicted molar refractivity (Wildman–Crippen MR) is 132 cm³/mol. The van der Waals surface area contributed by atoms with Gasteiger partial charge in [0.25, 0.3) is 0 Å². The molecule has 33 heavy (non-hydrogen) atoms. The first-order chi connectivity index (χ1) is 16.0. The number of carbonyl (C=O) groups is 1. The van der Waals surface area contributed by atoms with E-state index in [0.717, 1.165) is 34.3 Å². The molecule has 1 atom stereocenters. The third-order valence-corrected chi connectivity index (χ3v) is 6.69. The minimum atomic E-state index is -0.482. The van der Waals surface area contributed by atoms with Crippen molar-refractivity contribution in [1.82, 2.24) is 14.5 Å². The molecule has 2 aromatic heterocycles. The number of aryl methyl sites for hydroxylation is 2. The van der Waals surface area contributed by atoms with Gasteiger partial charge in [-0.05, 0) is 60.7 Å². The predicted octanol–water partition coefficient (Wildman–Crippen LogP) is 6.32. The van der Waals surface area contributed by atoms with Crippen molar-refractivity contribution in [3.8, 4) is 0 Å². The third-order valence-electron chi connectivity index (χ3n) is 5.66. The molecule has 0 unspecified atom stereocenters. The molecule has 5 nitrogen and oxygen atoms in total. The topological polar surface area (TPSA) is 59.8 Å². The molecule has 0 spiro atoms. The number of fused-ring (bicyclic) bond motifs is 1. The van der Waals surface area contributed by atoms with Crippen LogP contribution in [0.5, 0.6) is 0 Å². The number of anilines is 1. The standard InChI is InChI=1S/C26H27FN4OS/c1-4-19-11-6-9-17(3)23(19)30-25(32)22(5-2)31-24-21(13-8-14-28-24)29-26(31)33-16-18-10-7-12-20(27)15-18/h6-15,22H,4-5,16H2,1-3H3,(H,30,32)/t22-/m1/s1. The normalized spacial score (nSPS) is 12.1. The van der Waals surface area contributed by atoms with E-state index in [0.29, 0.717) is 23.0 Å². The van der Waals surface area contributed by atoms with Gasteiger partial charge in [0.05, 0.1) is 0 Å². The Hall–Kier alpha value is -3.19. The lowest BCUT2D eigenvalue weighted by Gasteiger charge is -2.21. The Morgan fingerprint density at radius 1 is 1.15 bits per heavy atom. The lowest BCUT2D eigenvalue weighted by atomic mass is 10.1. The Kier molecular flexibility index (Phi) is 7.08. The van der Waals surface area contributed by atoms with Gasteiger partial charge < -0.3 is 5.32 Å². The molecular formula is C26H27FN4OS. The summed E-state index contributed by atoms with van der Waals surface area (Å²) < 4.78 is 15.6. The zero-order valence-electron chi connectivity index (χ0n) is 19.0. The maximum Gasteiger partial charge on any atom is 0.247 e. The van der Waals surface area contributed by atoms with Crippen LogP contribution < -0.4 is 5.32 Å². The van der Waals surface area contributed by atoms with E-state index < -0.39 is 6.04 Å². The Balaban J connectivity index is 1.69. The molecule has 4 rings (SSSR count). The average Bonchev–Trinajstić information content (AvgIpc) is 3.18. The van der Waals surface area contributed by atoms with Crippen molar-refractivity contribution in [2.45, 2.75) is 50.6 Å². The highest BCUT2D eigenvalue weighted by Crippen LogP contribution is 2.32. The van der Waals surface area contributed by atoms with Crippen LogP contribution in [-0.4, -0.2) is 20.4 Å². The Morgan fingerprint density at radius 3 is 2.73 bits per heavy atom. The number of rotatable bonds is 8. The first-order valence-electron chi connectivity index (χ1n) is 11.1. The quantitative estimate of drug-likeness (QED) is 0.311. The largest absolute Gasteiger partial charge is 0.324 e. The second-order valence-corrected chi connectivity index (χ2v) is 8.85. The van der Waals surface area contributed by atoms with Crippen LogP contribution in [0.4, 0.5) is 10.1 Å². The summed E-state index contributed by atoms with van der Waals surface area (Å²) >= 11 is 1.48. The molecule has 0 aliphatic carbocycles. The van der Waals surface area contributed by atoms with Crippen LogP contribution in [0.3, 0.4) is 0 Å². The maximum atomic E-state index is 13.6. The number of nitrogens with zero attached hydrogens (tertiary/aromatic N) is 3. The summed E-state index contributed by atoms with van der Waals surface area (Å²) in [6.45, 7) is 6.07. The fourth-order valence-corrected chi connectivity index (χ4v) is 4.95. The number of imidazole rings is 1. The first kappa shape index (κ1) is 23.0. The van der Waals surface area contributed by atoms with E-state index in [1.807, 2.05) is 54.8 Å². The summed E-state index contributed by atoms with van der Waals surface area (Å²) in [4.78, 5) is 22.8. The van der Waals surface area contributed by atoms with Crippen LogP contribution >= 0.6 is 11.8 Å². The molecule has 0 aliphatic rings. The van der Waals surface area contributed by atoms with Crippen molar-refractivity contribution < 1.29 is 9.18 Å². The molecule has 0 fully saturated rings. The van der Waals surface area contributed by atoms with Gasteiger partial charge in [-0.2, -0.15) is 0 Å². The van der Waals surface area contributed by atoms with Gasteiger partial charge in [0.1, 0.15) is 17.4 Å². The average molecular weight is 463 g/mol. The van der Waals surface area contributed by atoms with Crippen LogP contribution in [0.25, 0.3) is 11.2 Å². The fourth-order valence-electron chi connectivity index (χ4n) is 3.96. The van der Waals surface area contributed by atoms with Crippen molar-refractivity contribution >= 4 is 34.5 Å². The van der Waals surface area contributed by atoms with E-state index in [1.54, 1.807) is 12.3 Å². The van der Waals surface area contributed by atoms with Gasteiger partial charge in [0, 0.05) is 17.6 Å². The minimum absolute atomic E-state index is 0.0981. The van der Waals surface area contributed by atoms with E-state index >= 15 is 0 Å². The van der Waals surface area contributed by atoms with Crippen LogP contribution in [0.15, 0.2) is 66.0 Å². The Labute approximate surface area is 197 Å². The van der Waals surface area contributed by atoms with E-state index in [4.69, 9.17) is 4.98 Å². The van der Waals surface area contributed by atoms with Crippen molar-refractivity contribution in [2.24, 2.45) is 0 Å². The highest BCUT2D eigenvalue weighted by atomic mass is 32.2. The van der Waals surface area contributed by atoms with Gasteiger partial charge in [-0.25, -0.2) is 14.4 Å². The summed E-state index contributed by atoms with van der Waals surface area (Å²) in [6, 6.07) is 15.8. The Bertz CT molecular complexity index is 1290. The zero-order valence-corrected chi connectivity index (χ0v) is 19.8. The van der Waals surface area contributed by atoms with Gasteiger partial charge in [-0.3, -0.25) is 9.36 Å². The van der Waals surface area contributed by atoms with Gasteiger partial charge in [0.15, 0.2) is 10.8 Å². The molecule has 0 saturated carbocycles.